The van der Waals surface area contributed by atoms with Gasteiger partial charge >= 0.3 is 5.97 Å². The molecular formula is C13H9ClN2O4. The third kappa shape index (κ3) is 3.04. The van der Waals surface area contributed by atoms with E-state index in [9.17, 15) is 14.7 Å². The number of aromatic carboxylic acids is 1. The minimum Gasteiger partial charge on any atom is -0.507 e. The van der Waals surface area contributed by atoms with E-state index in [4.69, 9.17) is 16.7 Å². The number of carboxylic acid groups (broad SMARTS) is 1. The standard InChI is InChI=1S/C13H9ClN2O4/c14-7-3-4-15-10(5-7)12(18)16-8-1-2-9(13(19)20)11(17)6-8/h1-6,17H,(H,16,18)(H,19,20). The molecule has 0 saturated carbocycles. The summed E-state index contributed by atoms with van der Waals surface area (Å²) < 4.78 is 0. The molecule has 20 heavy (non-hydrogen) atoms. The van der Waals surface area contributed by atoms with Gasteiger partial charge in [-0.05, 0) is 24.3 Å². The number of phenols is 1. The first kappa shape index (κ1) is 13.8. The highest BCUT2D eigenvalue weighted by molar-refractivity contribution is 6.30. The van der Waals surface area contributed by atoms with Gasteiger partial charge in [-0.1, -0.05) is 11.6 Å². The first-order valence-electron chi connectivity index (χ1n) is 5.46. The van der Waals surface area contributed by atoms with Crippen LogP contribution >= 0.6 is 11.6 Å². The van der Waals surface area contributed by atoms with Crippen LogP contribution in [0.1, 0.15) is 20.8 Å². The first-order chi connectivity index (χ1) is 9.47. The lowest BCUT2D eigenvalue weighted by Gasteiger charge is -2.06. The highest BCUT2D eigenvalue weighted by Gasteiger charge is 2.12. The normalized spacial score (nSPS) is 10.1. The number of rotatable bonds is 3. The summed E-state index contributed by atoms with van der Waals surface area (Å²) in [6, 6.07) is 6.63. The largest absolute Gasteiger partial charge is 0.507 e. The minimum atomic E-state index is -1.25. The molecule has 6 nitrogen and oxygen atoms in total. The molecule has 1 amide bonds. The molecule has 1 aromatic carbocycles. The number of amides is 1. The van der Waals surface area contributed by atoms with E-state index in [2.05, 4.69) is 10.3 Å². The summed E-state index contributed by atoms with van der Waals surface area (Å²) in [5.74, 6) is -2.21. The predicted octanol–water partition coefficient (Wildman–Crippen LogP) is 2.39. The highest BCUT2D eigenvalue weighted by atomic mass is 35.5. The number of nitrogens with zero attached hydrogens (tertiary/aromatic N) is 1. The molecule has 7 heteroatoms. The fourth-order valence-corrected chi connectivity index (χ4v) is 1.67. The second kappa shape index (κ2) is 5.58. The Labute approximate surface area is 118 Å². The topological polar surface area (TPSA) is 99.5 Å². The number of nitrogens with one attached hydrogen (secondary N) is 1. The number of hydrogen-bond acceptors (Lipinski definition) is 4. The Morgan fingerprint density at radius 2 is 1.95 bits per heavy atom. The Bertz CT molecular complexity index is 688. The summed E-state index contributed by atoms with van der Waals surface area (Å²) in [4.78, 5) is 26.5. The van der Waals surface area contributed by atoms with Gasteiger partial charge in [0.1, 0.15) is 17.0 Å². The summed E-state index contributed by atoms with van der Waals surface area (Å²) in [5, 5.41) is 21.1. The Morgan fingerprint density at radius 1 is 1.20 bits per heavy atom. The molecule has 0 bridgehead atoms. The second-order valence-electron chi connectivity index (χ2n) is 3.85. The van der Waals surface area contributed by atoms with E-state index in [-0.39, 0.29) is 16.9 Å². The maximum absolute atomic E-state index is 11.9. The first-order valence-corrected chi connectivity index (χ1v) is 5.84. The van der Waals surface area contributed by atoms with Crippen LogP contribution in [0.15, 0.2) is 36.5 Å². The van der Waals surface area contributed by atoms with Gasteiger partial charge in [0.2, 0.25) is 0 Å². The van der Waals surface area contributed by atoms with Crippen molar-refractivity contribution < 1.29 is 19.8 Å². The average Bonchev–Trinajstić information content (AvgIpc) is 2.38. The quantitative estimate of drug-likeness (QED) is 0.806. The third-order valence-corrected chi connectivity index (χ3v) is 2.68. The second-order valence-corrected chi connectivity index (χ2v) is 4.29. The zero-order valence-corrected chi connectivity index (χ0v) is 10.8. The lowest BCUT2D eigenvalue weighted by Crippen LogP contribution is -2.13. The van der Waals surface area contributed by atoms with Gasteiger partial charge in [-0.15, -0.1) is 0 Å². The van der Waals surface area contributed by atoms with Crippen molar-refractivity contribution >= 4 is 29.2 Å². The monoisotopic (exact) mass is 292 g/mol. The summed E-state index contributed by atoms with van der Waals surface area (Å²) in [6.45, 7) is 0. The van der Waals surface area contributed by atoms with Crippen molar-refractivity contribution in [3.05, 3.63) is 52.8 Å². The SMILES string of the molecule is O=C(Nc1ccc(C(=O)O)c(O)c1)c1cc(Cl)ccn1. The Hall–Kier alpha value is -2.60. The van der Waals surface area contributed by atoms with E-state index in [0.717, 1.165) is 6.07 Å². The number of pyridine rings is 1. The molecule has 1 heterocycles. The van der Waals surface area contributed by atoms with Crippen molar-refractivity contribution in [1.82, 2.24) is 4.98 Å². The van der Waals surface area contributed by atoms with Crippen molar-refractivity contribution in [3.8, 4) is 5.75 Å². The molecular weight excluding hydrogens is 284 g/mol. The van der Waals surface area contributed by atoms with Gasteiger partial charge in [0.05, 0.1) is 0 Å². The number of carbonyl (C=O) groups excluding carboxylic acids is 1. The molecule has 2 rings (SSSR count). The lowest BCUT2D eigenvalue weighted by molar-refractivity contribution is 0.0693. The molecule has 1 aromatic heterocycles. The molecule has 0 fully saturated rings. The van der Waals surface area contributed by atoms with Gasteiger partial charge in [0, 0.05) is 23.0 Å². The van der Waals surface area contributed by atoms with Crippen LogP contribution in [0.3, 0.4) is 0 Å². The zero-order chi connectivity index (χ0) is 14.7. The summed E-state index contributed by atoms with van der Waals surface area (Å²) in [7, 11) is 0. The molecule has 0 atom stereocenters. The van der Waals surface area contributed by atoms with E-state index < -0.39 is 17.6 Å². The van der Waals surface area contributed by atoms with E-state index in [0.29, 0.717) is 5.02 Å². The maximum Gasteiger partial charge on any atom is 0.339 e. The number of hydrogen-bond donors (Lipinski definition) is 3. The third-order valence-electron chi connectivity index (χ3n) is 2.44. The lowest BCUT2D eigenvalue weighted by atomic mass is 10.2. The maximum atomic E-state index is 11.9. The van der Waals surface area contributed by atoms with Crippen molar-refractivity contribution in [2.45, 2.75) is 0 Å². The van der Waals surface area contributed by atoms with Crippen molar-refractivity contribution in [1.29, 1.82) is 0 Å². The van der Waals surface area contributed by atoms with Crippen molar-refractivity contribution in [2.24, 2.45) is 0 Å². The van der Waals surface area contributed by atoms with Gasteiger partial charge in [-0.3, -0.25) is 9.78 Å². The van der Waals surface area contributed by atoms with Gasteiger partial charge in [-0.2, -0.15) is 0 Å². The van der Waals surface area contributed by atoms with E-state index in [1.54, 1.807) is 0 Å². The molecule has 102 valence electrons. The van der Waals surface area contributed by atoms with Crippen LogP contribution in [0.25, 0.3) is 0 Å². The molecule has 3 N–H and O–H groups in total. The Kier molecular flexibility index (Phi) is 3.86. The number of benzene rings is 1. The van der Waals surface area contributed by atoms with Crippen LogP contribution in [-0.2, 0) is 0 Å². The van der Waals surface area contributed by atoms with Crippen LogP contribution in [0.5, 0.6) is 5.75 Å². The van der Waals surface area contributed by atoms with E-state index >= 15 is 0 Å². The Morgan fingerprint density at radius 3 is 2.55 bits per heavy atom. The number of anilines is 1. The molecule has 2 aromatic rings. The van der Waals surface area contributed by atoms with Crippen LogP contribution in [0.4, 0.5) is 5.69 Å². The van der Waals surface area contributed by atoms with Crippen LogP contribution < -0.4 is 5.32 Å². The molecule has 0 unspecified atom stereocenters. The van der Waals surface area contributed by atoms with Gasteiger partial charge in [0.15, 0.2) is 0 Å². The molecule has 0 aliphatic carbocycles. The minimum absolute atomic E-state index is 0.110. The summed E-state index contributed by atoms with van der Waals surface area (Å²) in [5.41, 5.74) is 0.113. The molecule has 0 aliphatic heterocycles. The number of carbonyl (C=O) groups is 2. The fourth-order valence-electron chi connectivity index (χ4n) is 1.51. The van der Waals surface area contributed by atoms with Crippen LogP contribution in [0.2, 0.25) is 5.02 Å². The smallest absolute Gasteiger partial charge is 0.339 e. The highest BCUT2D eigenvalue weighted by Crippen LogP contribution is 2.22. The van der Waals surface area contributed by atoms with E-state index in [1.165, 1.54) is 30.5 Å². The molecule has 0 spiro atoms. The predicted molar refractivity (Wildman–Crippen MR) is 72.3 cm³/mol. The number of aromatic hydroxyl groups is 1. The van der Waals surface area contributed by atoms with Gasteiger partial charge in [-0.25, -0.2) is 4.79 Å². The summed E-state index contributed by atoms with van der Waals surface area (Å²) >= 11 is 5.75. The fraction of sp³-hybridized carbons (Fsp3) is 0. The van der Waals surface area contributed by atoms with Crippen molar-refractivity contribution in [3.63, 3.8) is 0 Å². The van der Waals surface area contributed by atoms with Crippen LogP contribution in [0, 0.1) is 0 Å². The Balaban J connectivity index is 2.20. The molecule has 0 radical (unpaired) electrons. The number of aromatic nitrogens is 1. The van der Waals surface area contributed by atoms with Gasteiger partial charge in [0.25, 0.3) is 5.91 Å². The summed E-state index contributed by atoms with van der Waals surface area (Å²) in [6.07, 6.45) is 1.39. The number of halogens is 1. The molecule has 0 saturated heterocycles. The van der Waals surface area contributed by atoms with Gasteiger partial charge < -0.3 is 15.5 Å². The average molecular weight is 293 g/mol. The zero-order valence-electron chi connectivity index (χ0n) is 10.0. The van der Waals surface area contributed by atoms with Crippen LogP contribution in [-0.4, -0.2) is 27.1 Å². The van der Waals surface area contributed by atoms with E-state index in [1.807, 2.05) is 0 Å². The number of carboxylic acids is 1. The van der Waals surface area contributed by atoms with Crippen molar-refractivity contribution in [2.75, 3.05) is 5.32 Å². The molecule has 0 aliphatic rings.